The first kappa shape index (κ1) is 15.6. The molecule has 0 unspecified atom stereocenters. The summed E-state index contributed by atoms with van der Waals surface area (Å²) in [6, 6.07) is 13.0. The van der Waals surface area contributed by atoms with E-state index in [1.54, 1.807) is 36.4 Å². The van der Waals surface area contributed by atoms with Crippen LogP contribution >= 0.6 is 0 Å². The highest BCUT2D eigenvalue weighted by Crippen LogP contribution is 2.26. The van der Waals surface area contributed by atoms with Gasteiger partial charge in [-0.1, -0.05) is 30.3 Å². The highest BCUT2D eigenvalue weighted by atomic mass is 19.1. The summed E-state index contributed by atoms with van der Waals surface area (Å²) in [6.45, 7) is 1.21. The van der Waals surface area contributed by atoms with Gasteiger partial charge >= 0.3 is 0 Å². The first-order chi connectivity index (χ1) is 11.5. The number of hydrogen-bond acceptors (Lipinski definition) is 4. The Morgan fingerprint density at radius 2 is 1.79 bits per heavy atom. The maximum Gasteiger partial charge on any atom is 0.252 e. The summed E-state index contributed by atoms with van der Waals surface area (Å²) in [5.41, 5.74) is 0.836. The van der Waals surface area contributed by atoms with E-state index < -0.39 is 17.0 Å². The number of benzene rings is 2. The summed E-state index contributed by atoms with van der Waals surface area (Å²) < 4.78 is 14.4. The largest absolute Gasteiger partial charge is 0.503 e. The maximum atomic E-state index is 13.1. The minimum atomic E-state index is -0.807. The van der Waals surface area contributed by atoms with Crippen molar-refractivity contribution in [1.82, 2.24) is 9.78 Å². The lowest BCUT2D eigenvalue weighted by Crippen LogP contribution is -2.20. The molecule has 1 heterocycles. The van der Waals surface area contributed by atoms with Crippen molar-refractivity contribution < 1.29 is 14.3 Å². The summed E-state index contributed by atoms with van der Waals surface area (Å²) in [5.74, 6) is -1.46. The number of hydrogen-bond donors (Lipinski definition) is 1. The van der Waals surface area contributed by atoms with Crippen LogP contribution in [-0.2, 0) is 0 Å². The summed E-state index contributed by atoms with van der Waals surface area (Å²) in [6.07, 6.45) is 1.15. The van der Waals surface area contributed by atoms with Crippen molar-refractivity contribution in [2.45, 2.75) is 6.92 Å². The van der Waals surface area contributed by atoms with Crippen LogP contribution in [0.2, 0.25) is 0 Å². The second-order valence-electron chi connectivity index (χ2n) is 5.22. The summed E-state index contributed by atoms with van der Waals surface area (Å²) in [7, 11) is 0. The zero-order chi connectivity index (χ0) is 17.3. The number of carbonyl (C=O) groups is 1. The molecule has 0 amide bonds. The first-order valence-corrected chi connectivity index (χ1v) is 7.16. The predicted molar refractivity (Wildman–Crippen MR) is 86.9 cm³/mol. The van der Waals surface area contributed by atoms with E-state index in [0.29, 0.717) is 11.3 Å². The van der Waals surface area contributed by atoms with Crippen LogP contribution in [0.1, 0.15) is 17.4 Å². The Kier molecular flexibility index (Phi) is 3.95. The number of ketones is 1. The number of nitrogens with zero attached hydrogens (tertiary/aromatic N) is 2. The van der Waals surface area contributed by atoms with Gasteiger partial charge in [0.25, 0.3) is 5.43 Å². The van der Waals surface area contributed by atoms with Gasteiger partial charge in [0, 0.05) is 12.5 Å². The van der Waals surface area contributed by atoms with Crippen molar-refractivity contribution in [2.75, 3.05) is 0 Å². The Bertz CT molecular complexity index is 978. The van der Waals surface area contributed by atoms with E-state index in [0.717, 1.165) is 11.8 Å². The molecule has 0 bridgehead atoms. The van der Waals surface area contributed by atoms with Crippen LogP contribution in [0, 0.1) is 5.82 Å². The SMILES string of the molecule is CC(=O)c1nn(-c2ccccc2-c2ccc(F)cc2)cc(O)c1=O. The molecule has 24 heavy (non-hydrogen) atoms. The minimum absolute atomic E-state index is 0.344. The minimum Gasteiger partial charge on any atom is -0.503 e. The molecule has 0 aliphatic carbocycles. The molecule has 0 aliphatic heterocycles. The van der Waals surface area contributed by atoms with Gasteiger partial charge in [0.15, 0.2) is 17.2 Å². The lowest BCUT2D eigenvalue weighted by molar-refractivity contribution is 0.100. The standard InChI is InChI=1S/C18H13FN2O3/c1-11(22)17-18(24)16(23)10-21(20-17)15-5-3-2-4-14(15)12-6-8-13(19)9-7-12/h2-10,23H,1H3. The van der Waals surface area contributed by atoms with Crippen molar-refractivity contribution in [3.8, 4) is 22.6 Å². The van der Waals surface area contributed by atoms with Crippen LogP contribution in [0.25, 0.3) is 16.8 Å². The van der Waals surface area contributed by atoms with Crippen LogP contribution in [0.3, 0.4) is 0 Å². The second kappa shape index (κ2) is 6.08. The summed E-state index contributed by atoms with van der Waals surface area (Å²) in [4.78, 5) is 23.4. The molecule has 5 nitrogen and oxygen atoms in total. The van der Waals surface area contributed by atoms with Crippen molar-refractivity contribution in [1.29, 1.82) is 0 Å². The van der Waals surface area contributed by atoms with Gasteiger partial charge in [-0.25, -0.2) is 9.07 Å². The fourth-order valence-corrected chi connectivity index (χ4v) is 2.38. The Balaban J connectivity index is 2.23. The molecular formula is C18H13FN2O3. The average Bonchev–Trinajstić information content (AvgIpc) is 2.57. The first-order valence-electron chi connectivity index (χ1n) is 7.16. The number of para-hydroxylation sites is 1. The number of rotatable bonds is 3. The number of aromatic nitrogens is 2. The van der Waals surface area contributed by atoms with E-state index in [1.165, 1.54) is 23.7 Å². The van der Waals surface area contributed by atoms with Gasteiger partial charge in [0.2, 0.25) is 0 Å². The van der Waals surface area contributed by atoms with E-state index in [9.17, 15) is 19.1 Å². The van der Waals surface area contributed by atoms with E-state index in [2.05, 4.69) is 5.10 Å². The maximum absolute atomic E-state index is 13.1. The fraction of sp³-hybridized carbons (Fsp3) is 0.0556. The van der Waals surface area contributed by atoms with Crippen LogP contribution in [0.15, 0.2) is 59.5 Å². The summed E-state index contributed by atoms with van der Waals surface area (Å²) >= 11 is 0. The Morgan fingerprint density at radius 3 is 2.46 bits per heavy atom. The molecule has 6 heteroatoms. The lowest BCUT2D eigenvalue weighted by Gasteiger charge is -2.12. The van der Waals surface area contributed by atoms with Gasteiger partial charge in [-0.2, -0.15) is 5.10 Å². The molecular weight excluding hydrogens is 311 g/mol. The van der Waals surface area contributed by atoms with Gasteiger partial charge < -0.3 is 5.11 Å². The normalized spacial score (nSPS) is 10.6. The highest BCUT2D eigenvalue weighted by molar-refractivity contribution is 5.92. The van der Waals surface area contributed by atoms with Gasteiger partial charge in [0.05, 0.1) is 11.9 Å². The molecule has 2 aromatic carbocycles. The van der Waals surface area contributed by atoms with E-state index in [-0.39, 0.29) is 11.5 Å². The van der Waals surface area contributed by atoms with Crippen molar-refractivity contribution >= 4 is 5.78 Å². The zero-order valence-corrected chi connectivity index (χ0v) is 12.7. The quantitative estimate of drug-likeness (QED) is 0.752. The van der Waals surface area contributed by atoms with E-state index in [1.807, 2.05) is 0 Å². The van der Waals surface area contributed by atoms with Crippen LogP contribution < -0.4 is 5.43 Å². The molecule has 1 N–H and O–H groups in total. The third kappa shape index (κ3) is 2.81. The topological polar surface area (TPSA) is 72.2 Å². The molecule has 0 radical (unpaired) electrons. The van der Waals surface area contributed by atoms with Crippen LogP contribution in [-0.4, -0.2) is 20.7 Å². The highest BCUT2D eigenvalue weighted by Gasteiger charge is 2.15. The van der Waals surface area contributed by atoms with Gasteiger partial charge in [-0.05, 0) is 23.8 Å². The Labute approximate surface area is 136 Å². The third-order valence-corrected chi connectivity index (χ3v) is 3.54. The lowest BCUT2D eigenvalue weighted by atomic mass is 10.0. The molecule has 0 saturated carbocycles. The second-order valence-corrected chi connectivity index (χ2v) is 5.22. The smallest absolute Gasteiger partial charge is 0.252 e. The van der Waals surface area contributed by atoms with Crippen LogP contribution in [0.5, 0.6) is 5.75 Å². The molecule has 3 aromatic rings. The molecule has 0 saturated heterocycles. The van der Waals surface area contributed by atoms with Gasteiger partial charge in [-0.3, -0.25) is 9.59 Å². The summed E-state index contributed by atoms with van der Waals surface area (Å²) in [5, 5.41) is 13.8. The number of carbonyl (C=O) groups excluding carboxylic acids is 1. The van der Waals surface area contributed by atoms with Crippen molar-refractivity contribution in [3.05, 3.63) is 76.5 Å². The molecule has 1 aromatic heterocycles. The monoisotopic (exact) mass is 324 g/mol. The van der Waals surface area contributed by atoms with E-state index in [4.69, 9.17) is 0 Å². The third-order valence-electron chi connectivity index (χ3n) is 3.54. The molecule has 0 fully saturated rings. The Morgan fingerprint density at radius 1 is 1.12 bits per heavy atom. The average molecular weight is 324 g/mol. The van der Waals surface area contributed by atoms with Gasteiger partial charge in [0.1, 0.15) is 5.82 Å². The van der Waals surface area contributed by atoms with Crippen LogP contribution in [0.4, 0.5) is 4.39 Å². The molecule has 0 spiro atoms. The van der Waals surface area contributed by atoms with Gasteiger partial charge in [-0.15, -0.1) is 0 Å². The zero-order valence-electron chi connectivity index (χ0n) is 12.7. The molecule has 0 aliphatic rings. The molecule has 3 rings (SSSR count). The molecule has 120 valence electrons. The molecule has 0 atom stereocenters. The number of Topliss-reactive ketones (excluding diaryl/α,β-unsaturated/α-hetero) is 1. The number of aromatic hydroxyl groups is 1. The Hall–Kier alpha value is -3.28. The van der Waals surface area contributed by atoms with Crippen molar-refractivity contribution in [2.24, 2.45) is 0 Å². The number of halogens is 1. The fourth-order valence-electron chi connectivity index (χ4n) is 2.38. The van der Waals surface area contributed by atoms with Crippen molar-refractivity contribution in [3.63, 3.8) is 0 Å². The van der Waals surface area contributed by atoms with E-state index >= 15 is 0 Å². The predicted octanol–water partition coefficient (Wildman–Crippen LogP) is 2.95.